The highest BCUT2D eigenvalue weighted by molar-refractivity contribution is 7.92. The zero-order valence-corrected chi connectivity index (χ0v) is 21.9. The Labute approximate surface area is 215 Å². The van der Waals surface area contributed by atoms with Gasteiger partial charge < -0.3 is 24.3 Å². The molecule has 10 nitrogen and oxygen atoms in total. The van der Waals surface area contributed by atoms with Crippen LogP contribution in [0.25, 0.3) is 0 Å². The second-order valence-corrected chi connectivity index (χ2v) is 9.74. The van der Waals surface area contributed by atoms with Gasteiger partial charge in [0.2, 0.25) is 15.9 Å². The van der Waals surface area contributed by atoms with Crippen molar-refractivity contribution in [1.29, 1.82) is 0 Å². The minimum absolute atomic E-state index is 0.00835. The molecule has 0 aromatic heterocycles. The molecule has 0 heterocycles. The van der Waals surface area contributed by atoms with Crippen LogP contribution in [0, 0.1) is 0 Å². The fourth-order valence-electron chi connectivity index (χ4n) is 3.59. The van der Waals surface area contributed by atoms with Gasteiger partial charge in [-0.25, -0.2) is 13.2 Å². The van der Waals surface area contributed by atoms with Crippen LogP contribution in [0.1, 0.15) is 17.3 Å². The van der Waals surface area contributed by atoms with Gasteiger partial charge in [-0.1, -0.05) is 18.2 Å². The van der Waals surface area contributed by atoms with Crippen LogP contribution in [0.15, 0.2) is 66.7 Å². The van der Waals surface area contributed by atoms with Crippen molar-refractivity contribution in [1.82, 2.24) is 0 Å². The average Bonchev–Trinajstić information content (AvgIpc) is 2.88. The van der Waals surface area contributed by atoms with Crippen LogP contribution < -0.4 is 23.8 Å². The Morgan fingerprint density at radius 3 is 1.97 bits per heavy atom. The normalized spacial score (nSPS) is 11.7. The van der Waals surface area contributed by atoms with Crippen molar-refractivity contribution in [2.75, 3.05) is 37.2 Å². The average molecular weight is 529 g/mol. The molecule has 0 aliphatic rings. The maximum absolute atomic E-state index is 13.2. The number of hydrogen-bond acceptors (Lipinski definition) is 8. The topological polar surface area (TPSA) is 120 Å². The first kappa shape index (κ1) is 27.3. The summed E-state index contributed by atoms with van der Waals surface area (Å²) in [6, 6.07) is 17.0. The van der Waals surface area contributed by atoms with E-state index in [9.17, 15) is 18.0 Å². The van der Waals surface area contributed by atoms with Gasteiger partial charge in [0, 0.05) is 12.1 Å². The minimum Gasteiger partial charge on any atom is -0.493 e. The third-order valence-electron chi connectivity index (χ3n) is 5.35. The number of anilines is 2. The standard InChI is InChI=1S/C26H28N2O8S/c1-17(25(29)27-22-16-24(34-3)23(33-2)15-21(22)26(30)35-4)28(37(5,31)32)18-11-13-20(14-12-18)36-19-9-7-6-8-10-19/h6-17H,1-5H3,(H,27,29)/t17-/m1/s1. The molecule has 1 atom stereocenters. The first-order valence-corrected chi connectivity index (χ1v) is 12.9. The fraction of sp³-hybridized carbons (Fsp3) is 0.231. The molecule has 37 heavy (non-hydrogen) atoms. The molecule has 0 aliphatic heterocycles. The lowest BCUT2D eigenvalue weighted by molar-refractivity contribution is -0.116. The molecule has 3 aromatic carbocycles. The van der Waals surface area contributed by atoms with Crippen LogP contribution in [-0.2, 0) is 19.6 Å². The molecule has 1 N–H and O–H groups in total. The second-order valence-electron chi connectivity index (χ2n) is 7.88. The molecule has 0 fully saturated rings. The molecule has 196 valence electrons. The number of methoxy groups -OCH3 is 3. The summed E-state index contributed by atoms with van der Waals surface area (Å²) in [6.07, 6.45) is 1.00. The van der Waals surface area contributed by atoms with Crippen LogP contribution >= 0.6 is 0 Å². The van der Waals surface area contributed by atoms with E-state index in [2.05, 4.69) is 5.32 Å². The predicted molar refractivity (Wildman–Crippen MR) is 139 cm³/mol. The maximum Gasteiger partial charge on any atom is 0.340 e. The Balaban J connectivity index is 1.90. The van der Waals surface area contributed by atoms with Crippen molar-refractivity contribution in [3.05, 3.63) is 72.3 Å². The van der Waals surface area contributed by atoms with E-state index in [1.165, 1.54) is 40.4 Å². The smallest absolute Gasteiger partial charge is 0.340 e. The Bertz CT molecular complexity index is 1360. The zero-order valence-electron chi connectivity index (χ0n) is 21.0. The molecule has 3 aromatic rings. The number of benzene rings is 3. The van der Waals surface area contributed by atoms with Crippen LogP contribution in [0.2, 0.25) is 0 Å². The van der Waals surface area contributed by atoms with Crippen LogP contribution in [0.5, 0.6) is 23.0 Å². The predicted octanol–water partition coefficient (Wildman–Crippen LogP) is 4.08. The molecule has 0 radical (unpaired) electrons. The Morgan fingerprint density at radius 1 is 0.865 bits per heavy atom. The highest BCUT2D eigenvalue weighted by atomic mass is 32.2. The highest BCUT2D eigenvalue weighted by Gasteiger charge is 2.30. The second kappa shape index (κ2) is 11.7. The van der Waals surface area contributed by atoms with E-state index in [0.29, 0.717) is 11.5 Å². The monoisotopic (exact) mass is 528 g/mol. The highest BCUT2D eigenvalue weighted by Crippen LogP contribution is 2.34. The van der Waals surface area contributed by atoms with E-state index in [4.69, 9.17) is 18.9 Å². The summed E-state index contributed by atoms with van der Waals surface area (Å²) < 4.78 is 47.5. The molecule has 0 spiro atoms. The third kappa shape index (κ3) is 6.50. The molecule has 0 bridgehead atoms. The molecular formula is C26H28N2O8S. The van der Waals surface area contributed by atoms with Gasteiger partial charge in [0.25, 0.3) is 0 Å². The molecule has 0 aliphatic carbocycles. The van der Waals surface area contributed by atoms with Gasteiger partial charge in [-0.15, -0.1) is 0 Å². The van der Waals surface area contributed by atoms with Gasteiger partial charge in [-0.3, -0.25) is 9.10 Å². The number of rotatable bonds is 10. The van der Waals surface area contributed by atoms with Crippen molar-refractivity contribution < 1.29 is 37.0 Å². The van der Waals surface area contributed by atoms with Gasteiger partial charge in [0.15, 0.2) is 11.5 Å². The summed E-state index contributed by atoms with van der Waals surface area (Å²) in [7, 11) is 0.118. The number of nitrogens with zero attached hydrogens (tertiary/aromatic N) is 1. The lowest BCUT2D eigenvalue weighted by Gasteiger charge is -2.28. The molecule has 11 heteroatoms. The summed E-state index contributed by atoms with van der Waals surface area (Å²) in [6.45, 7) is 1.43. The summed E-state index contributed by atoms with van der Waals surface area (Å²) >= 11 is 0. The molecular weight excluding hydrogens is 500 g/mol. The Kier molecular flexibility index (Phi) is 8.61. The number of amides is 1. The van der Waals surface area contributed by atoms with Crippen molar-refractivity contribution >= 4 is 33.3 Å². The van der Waals surface area contributed by atoms with Crippen molar-refractivity contribution in [3.8, 4) is 23.0 Å². The van der Waals surface area contributed by atoms with Gasteiger partial charge in [-0.2, -0.15) is 0 Å². The number of esters is 1. The fourth-order valence-corrected chi connectivity index (χ4v) is 4.77. The Hall–Kier alpha value is -4.25. The number of carbonyl (C=O) groups is 2. The van der Waals surface area contributed by atoms with Crippen LogP contribution in [0.4, 0.5) is 11.4 Å². The number of ether oxygens (including phenoxy) is 4. The maximum atomic E-state index is 13.2. The van der Waals surface area contributed by atoms with E-state index in [-0.39, 0.29) is 28.4 Å². The molecule has 0 unspecified atom stereocenters. The van der Waals surface area contributed by atoms with Gasteiger partial charge in [0.1, 0.15) is 17.5 Å². The SMILES string of the molecule is COC(=O)c1cc(OC)c(OC)cc1NC(=O)[C@@H](C)N(c1ccc(Oc2ccccc2)cc1)S(C)(=O)=O. The lowest BCUT2D eigenvalue weighted by Crippen LogP contribution is -2.45. The van der Waals surface area contributed by atoms with Gasteiger partial charge in [0.05, 0.1) is 44.5 Å². The third-order valence-corrected chi connectivity index (χ3v) is 6.59. The first-order chi connectivity index (χ1) is 17.6. The van der Waals surface area contributed by atoms with Crippen LogP contribution in [-0.4, -0.2) is 53.9 Å². The number of hydrogen-bond donors (Lipinski definition) is 1. The van der Waals surface area contributed by atoms with Crippen molar-refractivity contribution in [2.24, 2.45) is 0 Å². The number of sulfonamides is 1. The lowest BCUT2D eigenvalue weighted by atomic mass is 10.1. The molecule has 0 saturated heterocycles. The molecule has 1 amide bonds. The van der Waals surface area contributed by atoms with Gasteiger partial charge in [-0.05, 0) is 43.3 Å². The van der Waals surface area contributed by atoms with Gasteiger partial charge >= 0.3 is 5.97 Å². The van der Waals surface area contributed by atoms with E-state index in [0.717, 1.165) is 10.6 Å². The van der Waals surface area contributed by atoms with Crippen molar-refractivity contribution in [3.63, 3.8) is 0 Å². The van der Waals surface area contributed by atoms with E-state index < -0.39 is 27.9 Å². The molecule has 0 saturated carbocycles. The summed E-state index contributed by atoms with van der Waals surface area (Å²) in [5, 5.41) is 2.61. The van der Waals surface area contributed by atoms with E-state index >= 15 is 0 Å². The largest absolute Gasteiger partial charge is 0.493 e. The van der Waals surface area contributed by atoms with E-state index in [1.807, 2.05) is 18.2 Å². The summed E-state index contributed by atoms with van der Waals surface area (Å²) in [5.41, 5.74) is 0.335. The molecule has 3 rings (SSSR count). The number of nitrogens with one attached hydrogen (secondary N) is 1. The number of para-hydroxylation sites is 1. The quantitative estimate of drug-likeness (QED) is 0.391. The number of carbonyl (C=O) groups excluding carboxylic acids is 2. The zero-order chi connectivity index (χ0) is 27.2. The summed E-state index contributed by atoms with van der Waals surface area (Å²) in [4.78, 5) is 25.6. The minimum atomic E-state index is -3.89. The van der Waals surface area contributed by atoms with Crippen LogP contribution in [0.3, 0.4) is 0 Å². The first-order valence-electron chi connectivity index (χ1n) is 11.1. The van der Waals surface area contributed by atoms with E-state index in [1.54, 1.807) is 36.4 Å². The van der Waals surface area contributed by atoms with Crippen molar-refractivity contribution in [2.45, 2.75) is 13.0 Å². The Morgan fingerprint density at radius 2 is 1.43 bits per heavy atom. The summed E-state index contributed by atoms with van der Waals surface area (Å²) in [5.74, 6) is 0.217.